The predicted molar refractivity (Wildman–Crippen MR) is 135 cm³/mol. The first-order valence-electron chi connectivity index (χ1n) is 10.7. The Kier molecular flexibility index (Phi) is 7.58. The maximum atomic E-state index is 12.1. The maximum Gasteiger partial charge on any atom is 0.277 e. The van der Waals surface area contributed by atoms with E-state index in [-0.39, 0.29) is 12.4 Å². The van der Waals surface area contributed by atoms with Crippen LogP contribution in [0.4, 0.5) is 0 Å². The summed E-state index contributed by atoms with van der Waals surface area (Å²) in [5, 5.41) is 14.8. The van der Waals surface area contributed by atoms with Gasteiger partial charge < -0.3 is 9.84 Å². The number of rotatable bonds is 8. The van der Waals surface area contributed by atoms with E-state index in [4.69, 9.17) is 16.3 Å². The van der Waals surface area contributed by atoms with Crippen molar-refractivity contribution < 1.29 is 14.6 Å². The van der Waals surface area contributed by atoms with Crippen molar-refractivity contribution in [2.45, 2.75) is 6.42 Å². The van der Waals surface area contributed by atoms with Gasteiger partial charge in [0, 0.05) is 10.6 Å². The summed E-state index contributed by atoms with van der Waals surface area (Å²) in [5.74, 6) is 0.245. The lowest BCUT2D eigenvalue weighted by Crippen LogP contribution is -2.24. The standard InChI is InChI=1S/C28H23ClN2O3/c29-26-9-5-4-8-23(26)16-20-10-15-27(32)24(17-20)18-30-31-28(33)19-34-25-13-11-22(12-14-25)21-6-2-1-3-7-21/h1-15,17-18,32H,16,19H2,(H,31,33). The Morgan fingerprint density at radius 3 is 2.38 bits per heavy atom. The second-order valence-electron chi connectivity index (χ2n) is 7.63. The molecule has 0 radical (unpaired) electrons. The summed E-state index contributed by atoms with van der Waals surface area (Å²) in [6, 6.07) is 30.4. The van der Waals surface area contributed by atoms with Gasteiger partial charge in [-0.2, -0.15) is 5.10 Å². The van der Waals surface area contributed by atoms with E-state index in [1.165, 1.54) is 6.21 Å². The Balaban J connectivity index is 1.30. The van der Waals surface area contributed by atoms with Crippen LogP contribution in [0.25, 0.3) is 11.1 Å². The summed E-state index contributed by atoms with van der Waals surface area (Å²) in [6.45, 7) is -0.180. The quantitative estimate of drug-likeness (QED) is 0.251. The van der Waals surface area contributed by atoms with Crippen molar-refractivity contribution in [2.24, 2.45) is 5.10 Å². The first-order chi connectivity index (χ1) is 16.6. The smallest absolute Gasteiger partial charge is 0.277 e. The third kappa shape index (κ3) is 6.24. The molecule has 4 rings (SSSR count). The van der Waals surface area contributed by atoms with Crippen LogP contribution in [0, 0.1) is 0 Å². The van der Waals surface area contributed by atoms with Gasteiger partial charge >= 0.3 is 0 Å². The van der Waals surface area contributed by atoms with Crippen molar-refractivity contribution in [3.63, 3.8) is 0 Å². The zero-order valence-electron chi connectivity index (χ0n) is 18.3. The molecule has 6 heteroatoms. The molecule has 0 fully saturated rings. The summed E-state index contributed by atoms with van der Waals surface area (Å²) < 4.78 is 5.53. The summed E-state index contributed by atoms with van der Waals surface area (Å²) >= 11 is 6.24. The van der Waals surface area contributed by atoms with Gasteiger partial charge in [0.05, 0.1) is 6.21 Å². The van der Waals surface area contributed by atoms with Gasteiger partial charge in [-0.15, -0.1) is 0 Å². The van der Waals surface area contributed by atoms with E-state index in [0.29, 0.717) is 22.8 Å². The fraction of sp³-hybridized carbons (Fsp3) is 0.0714. The lowest BCUT2D eigenvalue weighted by Gasteiger charge is -2.07. The van der Waals surface area contributed by atoms with Crippen LogP contribution >= 0.6 is 11.6 Å². The molecule has 0 aliphatic rings. The molecule has 0 aliphatic heterocycles. The molecule has 0 aliphatic carbocycles. The number of benzene rings is 4. The minimum atomic E-state index is -0.407. The predicted octanol–water partition coefficient (Wildman–Crippen LogP) is 5.83. The molecule has 0 saturated carbocycles. The van der Waals surface area contributed by atoms with E-state index in [1.54, 1.807) is 12.1 Å². The molecule has 4 aromatic carbocycles. The number of ether oxygens (including phenoxy) is 1. The van der Waals surface area contributed by atoms with Gasteiger partial charge in [-0.25, -0.2) is 5.43 Å². The molecule has 0 aromatic heterocycles. The van der Waals surface area contributed by atoms with Gasteiger partial charge in [0.1, 0.15) is 11.5 Å². The number of amides is 1. The molecule has 170 valence electrons. The molecule has 0 heterocycles. The average molecular weight is 471 g/mol. The van der Waals surface area contributed by atoms with E-state index in [9.17, 15) is 9.90 Å². The van der Waals surface area contributed by atoms with Crippen LogP contribution in [-0.2, 0) is 11.2 Å². The van der Waals surface area contributed by atoms with Gasteiger partial charge in [0.2, 0.25) is 0 Å². The van der Waals surface area contributed by atoms with Gasteiger partial charge in [0.25, 0.3) is 5.91 Å². The number of phenols is 1. The van der Waals surface area contributed by atoms with Crippen molar-refractivity contribution in [2.75, 3.05) is 6.61 Å². The highest BCUT2D eigenvalue weighted by Crippen LogP contribution is 2.23. The number of hydrogen-bond donors (Lipinski definition) is 2. The van der Waals surface area contributed by atoms with Crippen molar-refractivity contribution >= 4 is 23.7 Å². The van der Waals surface area contributed by atoms with Gasteiger partial charge in [0.15, 0.2) is 6.61 Å². The highest BCUT2D eigenvalue weighted by Gasteiger charge is 2.06. The van der Waals surface area contributed by atoms with Crippen LogP contribution in [0.15, 0.2) is 102 Å². The fourth-order valence-corrected chi connectivity index (χ4v) is 3.61. The number of hydrogen-bond acceptors (Lipinski definition) is 4. The van der Waals surface area contributed by atoms with Crippen LogP contribution in [0.1, 0.15) is 16.7 Å². The maximum absolute atomic E-state index is 12.1. The summed E-state index contributed by atoms with van der Waals surface area (Å²) in [6.07, 6.45) is 2.02. The van der Waals surface area contributed by atoms with Crippen molar-refractivity contribution in [1.29, 1.82) is 0 Å². The Bertz CT molecular complexity index is 1290. The van der Waals surface area contributed by atoms with Gasteiger partial charge in [-0.1, -0.05) is 78.3 Å². The largest absolute Gasteiger partial charge is 0.507 e. The number of aromatic hydroxyl groups is 1. The summed E-state index contributed by atoms with van der Waals surface area (Å²) in [4.78, 5) is 12.1. The second-order valence-corrected chi connectivity index (χ2v) is 8.04. The number of nitrogens with one attached hydrogen (secondary N) is 1. The van der Waals surface area contributed by atoms with Crippen molar-refractivity contribution in [3.05, 3.63) is 119 Å². The Hall–Kier alpha value is -4.09. The zero-order chi connectivity index (χ0) is 23.8. The normalized spacial score (nSPS) is 10.9. The average Bonchev–Trinajstić information content (AvgIpc) is 2.87. The third-order valence-electron chi connectivity index (χ3n) is 5.17. The molecule has 0 atom stereocenters. The number of carbonyl (C=O) groups excluding carboxylic acids is 1. The highest BCUT2D eigenvalue weighted by atomic mass is 35.5. The molecule has 2 N–H and O–H groups in total. The number of hydrazone groups is 1. The number of nitrogens with zero attached hydrogens (tertiary/aromatic N) is 1. The molecule has 34 heavy (non-hydrogen) atoms. The van der Waals surface area contributed by atoms with Crippen molar-refractivity contribution in [1.82, 2.24) is 5.43 Å². The first-order valence-corrected chi connectivity index (χ1v) is 11.1. The van der Waals surface area contributed by atoms with Gasteiger partial charge in [-0.3, -0.25) is 4.79 Å². The third-order valence-corrected chi connectivity index (χ3v) is 5.54. The molecular formula is C28H23ClN2O3. The second kappa shape index (κ2) is 11.2. The Morgan fingerprint density at radius 2 is 1.62 bits per heavy atom. The first kappa shape index (κ1) is 23.1. The van der Waals surface area contributed by atoms with E-state index in [1.807, 2.05) is 84.9 Å². The van der Waals surface area contributed by atoms with E-state index >= 15 is 0 Å². The fourth-order valence-electron chi connectivity index (χ4n) is 3.41. The zero-order valence-corrected chi connectivity index (χ0v) is 19.1. The molecule has 1 amide bonds. The molecule has 0 bridgehead atoms. The molecule has 0 saturated heterocycles. The summed E-state index contributed by atoms with van der Waals surface area (Å²) in [5.41, 5.74) is 7.03. The Labute approximate surface area is 203 Å². The Morgan fingerprint density at radius 1 is 0.912 bits per heavy atom. The summed E-state index contributed by atoms with van der Waals surface area (Å²) in [7, 11) is 0. The van der Waals surface area contributed by atoms with Crippen molar-refractivity contribution in [3.8, 4) is 22.6 Å². The SMILES string of the molecule is O=C(COc1ccc(-c2ccccc2)cc1)NN=Cc1cc(Cc2ccccc2Cl)ccc1O. The van der Waals surface area contributed by atoms with Gasteiger partial charge in [-0.05, 0) is 59.0 Å². The monoisotopic (exact) mass is 470 g/mol. The number of carbonyl (C=O) groups is 1. The van der Waals surface area contributed by atoms with E-state index in [2.05, 4.69) is 10.5 Å². The number of phenolic OH excluding ortho intramolecular Hbond substituents is 1. The molecule has 4 aromatic rings. The molecule has 5 nitrogen and oxygen atoms in total. The molecular weight excluding hydrogens is 448 g/mol. The minimum absolute atomic E-state index is 0.0654. The van der Waals surface area contributed by atoms with Crippen LogP contribution in [-0.4, -0.2) is 23.8 Å². The lowest BCUT2D eigenvalue weighted by atomic mass is 10.0. The van der Waals surface area contributed by atoms with Crippen LogP contribution in [0.2, 0.25) is 5.02 Å². The van der Waals surface area contributed by atoms with E-state index in [0.717, 1.165) is 22.3 Å². The lowest BCUT2D eigenvalue weighted by molar-refractivity contribution is -0.123. The molecule has 0 spiro atoms. The van der Waals surface area contributed by atoms with E-state index < -0.39 is 5.91 Å². The molecule has 0 unspecified atom stereocenters. The minimum Gasteiger partial charge on any atom is -0.507 e. The topological polar surface area (TPSA) is 70.9 Å². The van der Waals surface area contributed by atoms with Crippen LogP contribution in [0.5, 0.6) is 11.5 Å². The van der Waals surface area contributed by atoms with Crippen LogP contribution < -0.4 is 10.2 Å². The highest BCUT2D eigenvalue weighted by molar-refractivity contribution is 6.31. The number of halogens is 1. The van der Waals surface area contributed by atoms with Crippen LogP contribution in [0.3, 0.4) is 0 Å².